The summed E-state index contributed by atoms with van der Waals surface area (Å²) in [5, 5.41) is 9.91. The fraction of sp³-hybridized carbons (Fsp3) is 0.0526. The molecule has 1 heterocycles. The van der Waals surface area contributed by atoms with Gasteiger partial charge in [-0.3, -0.25) is 4.98 Å². The molecule has 3 aromatic rings. The number of allylic oxidation sites excluding steroid dienone is 1. The molecule has 1 aromatic heterocycles. The van der Waals surface area contributed by atoms with E-state index in [0.29, 0.717) is 5.56 Å². The predicted octanol–water partition coefficient (Wildman–Crippen LogP) is 3.95. The first-order valence-corrected chi connectivity index (χ1v) is 9.25. The van der Waals surface area contributed by atoms with Crippen molar-refractivity contribution in [3.63, 3.8) is 0 Å². The van der Waals surface area contributed by atoms with Crippen molar-refractivity contribution in [2.24, 2.45) is 0 Å². The Balaban J connectivity index is 2.21. The number of sulfone groups is 1. The second-order valence-corrected chi connectivity index (χ2v) is 7.49. The molecule has 0 amide bonds. The molecule has 0 bridgehead atoms. The van der Waals surface area contributed by atoms with E-state index in [0.717, 1.165) is 28.8 Å². The summed E-state index contributed by atoms with van der Waals surface area (Å²) in [6, 6.07) is 15.4. The zero-order valence-corrected chi connectivity index (χ0v) is 14.1. The number of para-hydroxylation sites is 1. The Kier molecular flexibility index (Phi) is 4.34. The Morgan fingerprint density at radius 1 is 1.20 bits per heavy atom. The molecule has 3 rings (SSSR count). The number of benzene rings is 2. The minimum Gasteiger partial charge on any atom is -0.256 e. The first-order chi connectivity index (χ1) is 11.9. The third-order valence-corrected chi connectivity index (χ3v) is 4.76. The van der Waals surface area contributed by atoms with Crippen LogP contribution in [0.15, 0.2) is 59.6 Å². The topological polar surface area (TPSA) is 70.8 Å². The van der Waals surface area contributed by atoms with E-state index in [4.69, 9.17) is 5.26 Å². The molecule has 4 nitrogen and oxygen atoms in total. The average Bonchev–Trinajstić information content (AvgIpc) is 2.59. The van der Waals surface area contributed by atoms with Crippen LogP contribution in [-0.2, 0) is 9.84 Å². The van der Waals surface area contributed by atoms with E-state index >= 15 is 0 Å². The third-order valence-electron chi connectivity index (χ3n) is 3.75. The van der Waals surface area contributed by atoms with E-state index in [1.165, 1.54) is 12.1 Å². The van der Waals surface area contributed by atoms with Crippen molar-refractivity contribution in [2.75, 3.05) is 6.26 Å². The van der Waals surface area contributed by atoms with Crippen molar-refractivity contribution >= 4 is 26.8 Å². The van der Waals surface area contributed by atoms with Crippen molar-refractivity contribution in [3.8, 4) is 17.2 Å². The molecule has 0 N–H and O–H groups in total. The SMILES string of the molecule is CS(=O)(=O)/C(C#N)=C/c1cc(-c2ccnc3ccccc23)ccc1F. The van der Waals surface area contributed by atoms with Crippen LogP contribution in [0.2, 0.25) is 0 Å². The van der Waals surface area contributed by atoms with Gasteiger partial charge in [0.05, 0.1) is 5.52 Å². The number of nitrogens with zero attached hydrogens (tertiary/aromatic N) is 2. The van der Waals surface area contributed by atoms with Crippen LogP contribution in [0.25, 0.3) is 28.1 Å². The van der Waals surface area contributed by atoms with Gasteiger partial charge in [-0.05, 0) is 41.5 Å². The molecule has 0 radical (unpaired) electrons. The van der Waals surface area contributed by atoms with Gasteiger partial charge in [-0.25, -0.2) is 12.8 Å². The Morgan fingerprint density at radius 2 is 1.96 bits per heavy atom. The fourth-order valence-corrected chi connectivity index (χ4v) is 3.04. The molecule has 0 saturated carbocycles. The van der Waals surface area contributed by atoms with E-state index < -0.39 is 20.6 Å². The minimum absolute atomic E-state index is 0.0420. The predicted molar refractivity (Wildman–Crippen MR) is 95.6 cm³/mol. The van der Waals surface area contributed by atoms with Crippen LogP contribution in [0.3, 0.4) is 0 Å². The molecule has 124 valence electrons. The van der Waals surface area contributed by atoms with E-state index in [1.807, 2.05) is 30.3 Å². The van der Waals surface area contributed by atoms with E-state index in [9.17, 15) is 12.8 Å². The number of pyridine rings is 1. The lowest BCUT2D eigenvalue weighted by Crippen LogP contribution is -1.99. The summed E-state index contributed by atoms with van der Waals surface area (Å²) >= 11 is 0. The highest BCUT2D eigenvalue weighted by Gasteiger charge is 2.13. The molecule has 6 heteroatoms. The molecule has 0 aliphatic rings. The van der Waals surface area contributed by atoms with Crippen LogP contribution in [0.4, 0.5) is 4.39 Å². The van der Waals surface area contributed by atoms with E-state index in [2.05, 4.69) is 4.98 Å². The zero-order chi connectivity index (χ0) is 18.0. The molecule has 25 heavy (non-hydrogen) atoms. The highest BCUT2D eigenvalue weighted by Crippen LogP contribution is 2.29. The van der Waals surface area contributed by atoms with Crippen molar-refractivity contribution in [3.05, 3.63) is 71.0 Å². The highest BCUT2D eigenvalue weighted by atomic mass is 32.2. The summed E-state index contributed by atoms with van der Waals surface area (Å²) in [6.07, 6.45) is 3.63. The second kappa shape index (κ2) is 6.46. The molecule has 0 atom stereocenters. The molecule has 0 spiro atoms. The fourth-order valence-electron chi connectivity index (χ4n) is 2.53. The summed E-state index contributed by atoms with van der Waals surface area (Å²) < 4.78 is 37.3. The van der Waals surface area contributed by atoms with Crippen LogP contribution < -0.4 is 0 Å². The maximum absolute atomic E-state index is 14.1. The van der Waals surface area contributed by atoms with Crippen LogP contribution in [0, 0.1) is 17.1 Å². The molecule has 2 aromatic carbocycles. The molecule has 0 fully saturated rings. The molecule has 0 aliphatic heterocycles. The monoisotopic (exact) mass is 352 g/mol. The van der Waals surface area contributed by atoms with Crippen molar-refractivity contribution in [2.45, 2.75) is 0 Å². The first-order valence-electron chi connectivity index (χ1n) is 7.35. The number of rotatable bonds is 3. The third kappa shape index (κ3) is 3.42. The lowest BCUT2D eigenvalue weighted by atomic mass is 9.99. The van der Waals surface area contributed by atoms with Gasteiger partial charge < -0.3 is 0 Å². The number of fused-ring (bicyclic) bond motifs is 1. The Labute approximate surface area is 144 Å². The van der Waals surface area contributed by atoms with Crippen molar-refractivity contribution in [1.29, 1.82) is 5.26 Å². The normalized spacial score (nSPS) is 12.1. The van der Waals surface area contributed by atoms with Gasteiger partial charge in [0.1, 0.15) is 16.8 Å². The Morgan fingerprint density at radius 3 is 2.68 bits per heavy atom. The van der Waals surface area contributed by atoms with E-state index in [1.54, 1.807) is 18.3 Å². The average molecular weight is 352 g/mol. The maximum atomic E-state index is 14.1. The van der Waals surface area contributed by atoms with Crippen LogP contribution in [0.1, 0.15) is 5.56 Å². The molecule has 0 aliphatic carbocycles. The van der Waals surface area contributed by atoms with E-state index in [-0.39, 0.29) is 5.56 Å². The van der Waals surface area contributed by atoms with Gasteiger partial charge in [0.15, 0.2) is 9.84 Å². The maximum Gasteiger partial charge on any atom is 0.185 e. The van der Waals surface area contributed by atoms with Crippen molar-refractivity contribution in [1.82, 2.24) is 4.98 Å². The van der Waals surface area contributed by atoms with Crippen LogP contribution >= 0.6 is 0 Å². The highest BCUT2D eigenvalue weighted by molar-refractivity contribution is 7.95. The van der Waals surface area contributed by atoms with Gasteiger partial charge in [-0.1, -0.05) is 24.3 Å². The second-order valence-electron chi connectivity index (χ2n) is 5.50. The minimum atomic E-state index is -3.72. The molecular formula is C19H13FN2O2S. The van der Waals surface area contributed by atoms with Gasteiger partial charge in [0.25, 0.3) is 0 Å². The summed E-state index contributed by atoms with van der Waals surface area (Å²) in [7, 11) is -3.72. The summed E-state index contributed by atoms with van der Waals surface area (Å²) in [4.78, 5) is 3.81. The summed E-state index contributed by atoms with van der Waals surface area (Å²) in [6.45, 7) is 0. The van der Waals surface area contributed by atoms with Gasteiger partial charge >= 0.3 is 0 Å². The van der Waals surface area contributed by atoms with Gasteiger partial charge in [0, 0.05) is 23.4 Å². The number of hydrogen-bond donors (Lipinski definition) is 0. The first kappa shape index (κ1) is 16.8. The quantitative estimate of drug-likeness (QED) is 0.669. The van der Waals surface area contributed by atoms with Gasteiger partial charge in [-0.15, -0.1) is 0 Å². The summed E-state index contributed by atoms with van der Waals surface area (Å²) in [5.41, 5.74) is 2.39. The zero-order valence-electron chi connectivity index (χ0n) is 13.3. The molecule has 0 unspecified atom stereocenters. The van der Waals surface area contributed by atoms with Gasteiger partial charge in [-0.2, -0.15) is 5.26 Å². The Bertz CT molecular complexity index is 1140. The number of hydrogen-bond acceptors (Lipinski definition) is 4. The van der Waals surface area contributed by atoms with Crippen LogP contribution in [0.5, 0.6) is 0 Å². The summed E-state index contributed by atoms with van der Waals surface area (Å²) in [5.74, 6) is -0.599. The standard InChI is InChI=1S/C19H13FN2O2S/c1-25(23,24)15(12-21)11-14-10-13(6-7-18(14)20)16-8-9-22-19-5-3-2-4-17(16)19/h2-11H,1H3/b15-11+. The largest absolute Gasteiger partial charge is 0.256 e. The van der Waals surface area contributed by atoms with Gasteiger partial charge in [0.2, 0.25) is 0 Å². The lowest BCUT2D eigenvalue weighted by Gasteiger charge is -2.08. The number of halogens is 1. The van der Waals surface area contributed by atoms with Crippen LogP contribution in [-0.4, -0.2) is 19.7 Å². The lowest BCUT2D eigenvalue weighted by molar-refractivity contribution is 0.609. The molecular weight excluding hydrogens is 339 g/mol. The molecule has 0 saturated heterocycles. The number of nitriles is 1. The van der Waals surface area contributed by atoms with Crippen molar-refractivity contribution < 1.29 is 12.8 Å². The number of aromatic nitrogens is 1. The smallest absolute Gasteiger partial charge is 0.185 e. The Hall–Kier alpha value is -3.04.